The van der Waals surface area contributed by atoms with Crippen molar-refractivity contribution in [1.29, 1.82) is 0 Å². The molecule has 0 radical (unpaired) electrons. The highest BCUT2D eigenvalue weighted by atomic mass is 16.5. The Labute approximate surface area is 105 Å². The van der Waals surface area contributed by atoms with Gasteiger partial charge >= 0.3 is 0 Å². The van der Waals surface area contributed by atoms with Crippen LogP contribution >= 0.6 is 0 Å². The molecule has 0 fully saturated rings. The molecule has 1 atom stereocenters. The third-order valence-corrected chi connectivity index (χ3v) is 2.86. The maximum atomic E-state index is 5.10. The molecule has 0 aromatic heterocycles. The summed E-state index contributed by atoms with van der Waals surface area (Å²) in [7, 11) is 1.76. The maximum absolute atomic E-state index is 5.10. The van der Waals surface area contributed by atoms with Crippen LogP contribution in [0.15, 0.2) is 30.3 Å². The summed E-state index contributed by atoms with van der Waals surface area (Å²) < 4.78 is 5.10. The lowest BCUT2D eigenvalue weighted by Crippen LogP contribution is -2.24. The fraction of sp³-hybridized carbons (Fsp3) is 0.600. The summed E-state index contributed by atoms with van der Waals surface area (Å²) in [6, 6.07) is 10.7. The number of nitrogens with one attached hydrogen (secondary N) is 1. The van der Waals surface area contributed by atoms with E-state index < -0.39 is 0 Å². The van der Waals surface area contributed by atoms with Crippen LogP contribution in [0, 0.1) is 5.92 Å². The first-order chi connectivity index (χ1) is 8.33. The average Bonchev–Trinajstić information content (AvgIpc) is 2.35. The lowest BCUT2D eigenvalue weighted by Gasteiger charge is -2.11. The normalized spacial score (nSPS) is 12.6. The van der Waals surface area contributed by atoms with Crippen molar-refractivity contribution in [2.75, 3.05) is 26.8 Å². The molecular formula is C15H25NO. The third-order valence-electron chi connectivity index (χ3n) is 2.86. The van der Waals surface area contributed by atoms with Crippen molar-refractivity contribution in [2.45, 2.75) is 26.2 Å². The minimum absolute atomic E-state index is 0.606. The van der Waals surface area contributed by atoms with E-state index in [9.17, 15) is 0 Å². The van der Waals surface area contributed by atoms with Crippen LogP contribution in [-0.4, -0.2) is 26.8 Å². The zero-order valence-corrected chi connectivity index (χ0v) is 11.1. The topological polar surface area (TPSA) is 21.3 Å². The molecule has 1 unspecified atom stereocenters. The van der Waals surface area contributed by atoms with Gasteiger partial charge in [-0.2, -0.15) is 0 Å². The van der Waals surface area contributed by atoms with Gasteiger partial charge in [-0.3, -0.25) is 0 Å². The first-order valence-electron chi connectivity index (χ1n) is 6.56. The van der Waals surface area contributed by atoms with Gasteiger partial charge in [-0.1, -0.05) is 37.3 Å². The molecule has 0 saturated carbocycles. The van der Waals surface area contributed by atoms with Gasteiger partial charge in [0.15, 0.2) is 0 Å². The zero-order chi connectivity index (χ0) is 12.3. The van der Waals surface area contributed by atoms with Crippen LogP contribution in [-0.2, 0) is 11.2 Å². The van der Waals surface area contributed by atoms with E-state index in [0.717, 1.165) is 19.7 Å². The monoisotopic (exact) mass is 235 g/mol. The first kappa shape index (κ1) is 14.2. The van der Waals surface area contributed by atoms with Gasteiger partial charge in [-0.25, -0.2) is 0 Å². The van der Waals surface area contributed by atoms with Crippen LogP contribution in [0.4, 0.5) is 0 Å². The van der Waals surface area contributed by atoms with Crippen LogP contribution in [0.3, 0.4) is 0 Å². The molecule has 96 valence electrons. The summed E-state index contributed by atoms with van der Waals surface area (Å²) in [6.07, 6.45) is 3.69. The predicted octanol–water partition coefficient (Wildman–Crippen LogP) is 2.88. The van der Waals surface area contributed by atoms with Crippen molar-refractivity contribution in [2.24, 2.45) is 5.92 Å². The Morgan fingerprint density at radius 3 is 2.65 bits per heavy atom. The van der Waals surface area contributed by atoms with E-state index in [1.165, 1.54) is 24.8 Å². The minimum atomic E-state index is 0.606. The summed E-state index contributed by atoms with van der Waals surface area (Å²) in [6.45, 7) is 5.22. The Bertz CT molecular complexity index is 274. The molecular weight excluding hydrogens is 210 g/mol. The first-order valence-corrected chi connectivity index (χ1v) is 6.56. The highest BCUT2D eigenvalue weighted by Gasteiger charge is 1.99. The quantitative estimate of drug-likeness (QED) is 0.665. The van der Waals surface area contributed by atoms with E-state index in [0.29, 0.717) is 5.92 Å². The molecule has 2 nitrogen and oxygen atoms in total. The number of rotatable bonds is 9. The second kappa shape index (κ2) is 9.20. The van der Waals surface area contributed by atoms with Gasteiger partial charge in [-0.05, 0) is 43.8 Å². The second-order valence-electron chi connectivity index (χ2n) is 4.71. The predicted molar refractivity (Wildman–Crippen MR) is 73.3 cm³/mol. The SMILES string of the molecule is COCC(C)CNCCCCc1ccccc1. The number of hydrogen-bond donors (Lipinski definition) is 1. The van der Waals surface area contributed by atoms with Crippen molar-refractivity contribution in [1.82, 2.24) is 5.32 Å². The van der Waals surface area contributed by atoms with E-state index in [1.807, 2.05) is 0 Å². The standard InChI is InChI=1S/C15H25NO/c1-14(13-17-2)12-16-11-7-6-10-15-8-4-3-5-9-15/h3-5,8-9,14,16H,6-7,10-13H2,1-2H3. The van der Waals surface area contributed by atoms with E-state index in [1.54, 1.807) is 7.11 Å². The number of aryl methyl sites for hydroxylation is 1. The molecule has 1 aromatic rings. The Kier molecular flexibility index (Phi) is 7.69. The summed E-state index contributed by atoms with van der Waals surface area (Å²) in [4.78, 5) is 0. The second-order valence-corrected chi connectivity index (χ2v) is 4.71. The Morgan fingerprint density at radius 2 is 1.94 bits per heavy atom. The molecule has 0 aliphatic rings. The van der Waals surface area contributed by atoms with E-state index in [4.69, 9.17) is 4.74 Å². The Balaban J connectivity index is 1.95. The third kappa shape index (κ3) is 7.14. The zero-order valence-electron chi connectivity index (χ0n) is 11.1. The lowest BCUT2D eigenvalue weighted by atomic mass is 10.1. The summed E-state index contributed by atoms with van der Waals surface area (Å²) in [5, 5.41) is 3.48. The van der Waals surface area contributed by atoms with Crippen LogP contribution in [0.2, 0.25) is 0 Å². The fourth-order valence-corrected chi connectivity index (χ4v) is 1.92. The van der Waals surface area contributed by atoms with Crippen molar-refractivity contribution >= 4 is 0 Å². The highest BCUT2D eigenvalue weighted by Crippen LogP contribution is 2.03. The molecule has 0 amide bonds. The lowest BCUT2D eigenvalue weighted by molar-refractivity contribution is 0.158. The molecule has 0 heterocycles. The molecule has 0 aliphatic carbocycles. The number of ether oxygens (including phenoxy) is 1. The highest BCUT2D eigenvalue weighted by molar-refractivity contribution is 5.14. The van der Waals surface area contributed by atoms with E-state index >= 15 is 0 Å². The molecule has 1 N–H and O–H groups in total. The van der Waals surface area contributed by atoms with Crippen LogP contribution < -0.4 is 5.32 Å². The molecule has 0 spiro atoms. The van der Waals surface area contributed by atoms with Gasteiger partial charge in [-0.15, -0.1) is 0 Å². The average molecular weight is 235 g/mol. The fourth-order valence-electron chi connectivity index (χ4n) is 1.92. The summed E-state index contributed by atoms with van der Waals surface area (Å²) in [5.41, 5.74) is 1.44. The van der Waals surface area contributed by atoms with Gasteiger partial charge < -0.3 is 10.1 Å². The number of benzene rings is 1. The molecule has 17 heavy (non-hydrogen) atoms. The van der Waals surface area contributed by atoms with E-state index in [2.05, 4.69) is 42.6 Å². The maximum Gasteiger partial charge on any atom is 0.0499 e. The number of unbranched alkanes of at least 4 members (excludes halogenated alkanes) is 1. The van der Waals surface area contributed by atoms with Gasteiger partial charge in [0.1, 0.15) is 0 Å². The molecule has 1 aromatic carbocycles. The summed E-state index contributed by atoms with van der Waals surface area (Å²) in [5.74, 6) is 0.606. The molecule has 2 heteroatoms. The van der Waals surface area contributed by atoms with Gasteiger partial charge in [0.25, 0.3) is 0 Å². The van der Waals surface area contributed by atoms with Crippen molar-refractivity contribution < 1.29 is 4.74 Å². The number of hydrogen-bond acceptors (Lipinski definition) is 2. The van der Waals surface area contributed by atoms with Crippen molar-refractivity contribution in [3.63, 3.8) is 0 Å². The molecule has 0 aliphatic heterocycles. The van der Waals surface area contributed by atoms with Crippen molar-refractivity contribution in [3.8, 4) is 0 Å². The Morgan fingerprint density at radius 1 is 1.18 bits per heavy atom. The minimum Gasteiger partial charge on any atom is -0.384 e. The summed E-state index contributed by atoms with van der Waals surface area (Å²) >= 11 is 0. The van der Waals surface area contributed by atoms with Gasteiger partial charge in [0.2, 0.25) is 0 Å². The van der Waals surface area contributed by atoms with Crippen LogP contribution in [0.1, 0.15) is 25.3 Å². The molecule has 1 rings (SSSR count). The van der Waals surface area contributed by atoms with Gasteiger partial charge in [0, 0.05) is 13.7 Å². The van der Waals surface area contributed by atoms with E-state index in [-0.39, 0.29) is 0 Å². The molecule has 0 saturated heterocycles. The smallest absolute Gasteiger partial charge is 0.0499 e. The number of methoxy groups -OCH3 is 1. The Hall–Kier alpha value is -0.860. The molecule has 0 bridgehead atoms. The largest absolute Gasteiger partial charge is 0.384 e. The van der Waals surface area contributed by atoms with Crippen LogP contribution in [0.25, 0.3) is 0 Å². The van der Waals surface area contributed by atoms with Gasteiger partial charge in [0.05, 0.1) is 0 Å². The van der Waals surface area contributed by atoms with Crippen molar-refractivity contribution in [3.05, 3.63) is 35.9 Å². The van der Waals surface area contributed by atoms with Crippen LogP contribution in [0.5, 0.6) is 0 Å².